The topological polar surface area (TPSA) is 15.3 Å². The lowest BCUT2D eigenvalue weighted by molar-refractivity contribution is 0.318. The summed E-state index contributed by atoms with van der Waals surface area (Å²) >= 11 is 6.07. The van der Waals surface area contributed by atoms with Gasteiger partial charge in [0.1, 0.15) is 5.82 Å². The summed E-state index contributed by atoms with van der Waals surface area (Å²) in [6.07, 6.45) is 3.64. The van der Waals surface area contributed by atoms with E-state index < -0.39 is 0 Å². The predicted octanol–water partition coefficient (Wildman–Crippen LogP) is 3.13. The number of nitrogens with one attached hydrogen (secondary N) is 1. The molecule has 2 saturated heterocycles. The van der Waals surface area contributed by atoms with E-state index in [9.17, 15) is 4.39 Å². The molecule has 2 atom stereocenters. The lowest BCUT2D eigenvalue weighted by Crippen LogP contribution is -2.33. The van der Waals surface area contributed by atoms with Crippen LogP contribution in [0.2, 0.25) is 5.02 Å². The highest BCUT2D eigenvalue weighted by Crippen LogP contribution is 2.32. The van der Waals surface area contributed by atoms with Crippen LogP contribution in [0.4, 0.5) is 10.1 Å². The highest BCUT2D eigenvalue weighted by atomic mass is 35.5. The monoisotopic (exact) mass is 254 g/mol. The van der Waals surface area contributed by atoms with Crippen LogP contribution in [-0.2, 0) is 0 Å². The summed E-state index contributed by atoms with van der Waals surface area (Å²) in [4.78, 5) is 2.52. The van der Waals surface area contributed by atoms with Gasteiger partial charge in [-0.15, -0.1) is 0 Å². The molecule has 2 aliphatic rings. The highest BCUT2D eigenvalue weighted by molar-refractivity contribution is 6.33. The molecule has 0 radical (unpaired) electrons. The Morgan fingerprint density at radius 1 is 1.29 bits per heavy atom. The summed E-state index contributed by atoms with van der Waals surface area (Å²) in [5.41, 5.74) is 0.727. The van der Waals surface area contributed by atoms with Gasteiger partial charge in [-0.1, -0.05) is 11.6 Å². The van der Waals surface area contributed by atoms with E-state index in [1.807, 2.05) is 0 Å². The van der Waals surface area contributed by atoms with Crippen LogP contribution in [0, 0.1) is 5.82 Å². The van der Waals surface area contributed by atoms with E-state index >= 15 is 0 Å². The number of benzene rings is 1. The van der Waals surface area contributed by atoms with Crippen LogP contribution in [0.15, 0.2) is 18.2 Å². The zero-order chi connectivity index (χ0) is 11.8. The molecule has 2 aliphatic heterocycles. The summed E-state index contributed by atoms with van der Waals surface area (Å²) in [7, 11) is 0. The summed E-state index contributed by atoms with van der Waals surface area (Å²) < 4.78 is 13.2. The van der Waals surface area contributed by atoms with Gasteiger partial charge in [0, 0.05) is 18.6 Å². The van der Waals surface area contributed by atoms with E-state index in [4.69, 9.17) is 11.6 Å². The zero-order valence-corrected chi connectivity index (χ0v) is 10.4. The van der Waals surface area contributed by atoms with Crippen molar-refractivity contribution in [3.05, 3.63) is 29.0 Å². The van der Waals surface area contributed by atoms with Crippen LogP contribution >= 0.6 is 11.6 Å². The number of fused-ring (bicyclic) bond motifs is 1. The molecule has 0 aromatic heterocycles. The molecular weight excluding hydrogens is 239 g/mol. The average molecular weight is 255 g/mol. The first kappa shape index (κ1) is 11.3. The molecule has 2 fully saturated rings. The Morgan fingerprint density at radius 2 is 2.18 bits per heavy atom. The molecule has 0 spiro atoms. The summed E-state index contributed by atoms with van der Waals surface area (Å²) in [5, 5.41) is 4.01. The van der Waals surface area contributed by atoms with Gasteiger partial charge in [0.2, 0.25) is 0 Å². The van der Waals surface area contributed by atoms with Gasteiger partial charge in [-0.2, -0.15) is 0 Å². The Hall–Kier alpha value is -0.800. The summed E-state index contributed by atoms with van der Waals surface area (Å²) in [5.74, 6) is -0.238. The molecule has 17 heavy (non-hydrogen) atoms. The second-order valence-electron chi connectivity index (χ2n) is 4.91. The maximum absolute atomic E-state index is 13.2. The van der Waals surface area contributed by atoms with Gasteiger partial charge < -0.3 is 5.32 Å². The van der Waals surface area contributed by atoms with Crippen LogP contribution in [0.3, 0.4) is 0 Å². The molecule has 0 amide bonds. The van der Waals surface area contributed by atoms with Crippen LogP contribution < -0.4 is 5.32 Å². The van der Waals surface area contributed by atoms with Gasteiger partial charge in [0.15, 0.2) is 0 Å². The first-order valence-corrected chi connectivity index (χ1v) is 6.57. The lowest BCUT2D eigenvalue weighted by atomic mass is 10.1. The Kier molecular flexibility index (Phi) is 2.97. The molecule has 4 heteroatoms. The standard InChI is InChI=1S/C13H16ClFN2/c14-10-4-3-9(15)8-12(10)16-11-5-7-17-6-1-2-13(11)17/h3-4,8,11,13,16H,1-2,5-7H2. The van der Waals surface area contributed by atoms with Gasteiger partial charge in [-0.3, -0.25) is 4.90 Å². The van der Waals surface area contributed by atoms with Crippen LogP contribution in [-0.4, -0.2) is 30.1 Å². The molecular formula is C13H16ClFN2. The fraction of sp³-hybridized carbons (Fsp3) is 0.538. The fourth-order valence-electron chi connectivity index (χ4n) is 3.06. The zero-order valence-electron chi connectivity index (χ0n) is 9.63. The first-order valence-electron chi connectivity index (χ1n) is 6.20. The molecule has 2 unspecified atom stereocenters. The average Bonchev–Trinajstić information content (AvgIpc) is 2.88. The number of rotatable bonds is 2. The van der Waals surface area contributed by atoms with E-state index in [0.29, 0.717) is 17.1 Å². The predicted molar refractivity (Wildman–Crippen MR) is 68.0 cm³/mol. The Bertz CT molecular complexity index is 424. The number of halogens is 2. The van der Waals surface area contributed by atoms with Crippen molar-refractivity contribution in [2.24, 2.45) is 0 Å². The number of hydrogen-bond acceptors (Lipinski definition) is 2. The molecule has 0 saturated carbocycles. The Balaban J connectivity index is 1.76. The number of hydrogen-bond donors (Lipinski definition) is 1. The van der Waals surface area contributed by atoms with Gasteiger partial charge >= 0.3 is 0 Å². The normalized spacial score (nSPS) is 28.4. The molecule has 92 valence electrons. The van der Waals surface area contributed by atoms with E-state index in [1.54, 1.807) is 6.07 Å². The second kappa shape index (κ2) is 4.46. The SMILES string of the molecule is Fc1ccc(Cl)c(NC2CCN3CCCC23)c1. The van der Waals surface area contributed by atoms with Gasteiger partial charge in [0.25, 0.3) is 0 Å². The third-order valence-corrected chi connectivity index (χ3v) is 4.20. The maximum atomic E-state index is 13.2. The van der Waals surface area contributed by atoms with Crippen molar-refractivity contribution in [3.8, 4) is 0 Å². The van der Waals surface area contributed by atoms with Crippen LogP contribution in [0.1, 0.15) is 19.3 Å². The quantitative estimate of drug-likeness (QED) is 0.872. The van der Waals surface area contributed by atoms with E-state index in [1.165, 1.54) is 31.5 Å². The van der Waals surface area contributed by atoms with Crippen molar-refractivity contribution in [1.29, 1.82) is 0 Å². The van der Waals surface area contributed by atoms with E-state index in [2.05, 4.69) is 10.2 Å². The number of anilines is 1. The van der Waals surface area contributed by atoms with E-state index in [-0.39, 0.29) is 5.82 Å². The van der Waals surface area contributed by atoms with Crippen molar-refractivity contribution >= 4 is 17.3 Å². The van der Waals surface area contributed by atoms with Crippen molar-refractivity contribution < 1.29 is 4.39 Å². The lowest BCUT2D eigenvalue weighted by Gasteiger charge is -2.22. The number of nitrogens with zero attached hydrogens (tertiary/aromatic N) is 1. The third-order valence-electron chi connectivity index (χ3n) is 3.88. The van der Waals surface area contributed by atoms with E-state index in [0.717, 1.165) is 18.7 Å². The molecule has 2 nitrogen and oxygen atoms in total. The van der Waals surface area contributed by atoms with Crippen LogP contribution in [0.25, 0.3) is 0 Å². The fourth-order valence-corrected chi connectivity index (χ4v) is 3.23. The largest absolute Gasteiger partial charge is 0.379 e. The van der Waals surface area contributed by atoms with Crippen molar-refractivity contribution in [2.75, 3.05) is 18.4 Å². The molecule has 2 heterocycles. The Morgan fingerprint density at radius 3 is 3.06 bits per heavy atom. The molecule has 3 rings (SSSR count). The van der Waals surface area contributed by atoms with Gasteiger partial charge in [0.05, 0.1) is 10.7 Å². The smallest absolute Gasteiger partial charge is 0.125 e. The molecule has 1 aromatic rings. The molecule has 1 N–H and O–H groups in total. The minimum absolute atomic E-state index is 0.238. The minimum Gasteiger partial charge on any atom is -0.379 e. The van der Waals surface area contributed by atoms with Crippen molar-refractivity contribution in [3.63, 3.8) is 0 Å². The molecule has 1 aromatic carbocycles. The maximum Gasteiger partial charge on any atom is 0.125 e. The van der Waals surface area contributed by atoms with Crippen LogP contribution in [0.5, 0.6) is 0 Å². The molecule has 0 aliphatic carbocycles. The van der Waals surface area contributed by atoms with Crippen molar-refractivity contribution in [1.82, 2.24) is 4.90 Å². The van der Waals surface area contributed by atoms with Crippen molar-refractivity contribution in [2.45, 2.75) is 31.3 Å². The summed E-state index contributed by atoms with van der Waals surface area (Å²) in [6, 6.07) is 5.51. The van der Waals surface area contributed by atoms with Gasteiger partial charge in [-0.25, -0.2) is 4.39 Å². The third kappa shape index (κ3) is 2.14. The van der Waals surface area contributed by atoms with Gasteiger partial charge in [-0.05, 0) is 44.0 Å². The summed E-state index contributed by atoms with van der Waals surface area (Å²) in [6.45, 7) is 2.36. The Labute approximate surface area is 106 Å². The highest BCUT2D eigenvalue weighted by Gasteiger charge is 2.37. The first-order chi connectivity index (χ1) is 8.24. The molecule has 0 bridgehead atoms. The second-order valence-corrected chi connectivity index (χ2v) is 5.32. The minimum atomic E-state index is -0.238.